The van der Waals surface area contributed by atoms with Crippen LogP contribution in [0, 0.1) is 5.82 Å². The van der Waals surface area contributed by atoms with Gasteiger partial charge < -0.3 is 19.9 Å². The molecule has 11 heteroatoms. The zero-order valence-electron chi connectivity index (χ0n) is 21.5. The summed E-state index contributed by atoms with van der Waals surface area (Å²) in [5, 5.41) is 1.94. The Morgan fingerprint density at radius 3 is 2.48 bits per heavy atom. The van der Waals surface area contributed by atoms with Gasteiger partial charge in [-0.1, -0.05) is 36.4 Å². The normalized spacial score (nSPS) is 11.2. The number of rotatable bonds is 10. The van der Waals surface area contributed by atoms with E-state index < -0.39 is 15.8 Å². The second-order valence-electron chi connectivity index (χ2n) is 8.65. The standard InChI is InChI=1S/C29H26FN3O5S.ClH/c1-36-27-17-22-24(18-28(27)37-15-5-13-31)32-14-12-25(22)38-26-11-10-20(16-23(26)30)33-39(34,35)29-9-4-7-19-6-2-3-8-21(19)29;/h2-4,6-12,14,16-18,33H,5,13,15,31H2,1H3;1H. The molecule has 1 aromatic heterocycles. The maximum Gasteiger partial charge on any atom is 0.262 e. The first-order valence-corrected chi connectivity index (χ1v) is 13.7. The highest BCUT2D eigenvalue weighted by atomic mass is 35.5. The van der Waals surface area contributed by atoms with Crippen molar-refractivity contribution in [2.75, 3.05) is 25.0 Å². The summed E-state index contributed by atoms with van der Waals surface area (Å²) in [6, 6.07) is 21.1. The van der Waals surface area contributed by atoms with E-state index in [0.29, 0.717) is 53.1 Å². The molecule has 0 atom stereocenters. The first-order valence-electron chi connectivity index (χ1n) is 12.2. The van der Waals surface area contributed by atoms with Gasteiger partial charge in [0.2, 0.25) is 0 Å². The molecule has 0 spiro atoms. The Bertz CT molecular complexity index is 1760. The molecule has 0 aliphatic rings. The molecule has 1 heterocycles. The minimum absolute atomic E-state index is 0. The Hall–Kier alpha value is -4.12. The Labute approximate surface area is 237 Å². The van der Waals surface area contributed by atoms with Crippen LogP contribution in [0.15, 0.2) is 90.0 Å². The molecular formula is C29H27ClFN3O5S. The van der Waals surface area contributed by atoms with Crippen molar-refractivity contribution in [3.05, 3.63) is 90.9 Å². The van der Waals surface area contributed by atoms with E-state index in [9.17, 15) is 8.42 Å². The van der Waals surface area contributed by atoms with Crippen molar-refractivity contribution in [2.45, 2.75) is 11.3 Å². The van der Waals surface area contributed by atoms with Crippen LogP contribution >= 0.6 is 12.4 Å². The Kier molecular flexibility index (Phi) is 8.93. The van der Waals surface area contributed by atoms with Gasteiger partial charge in [0.05, 0.1) is 29.8 Å². The zero-order valence-corrected chi connectivity index (χ0v) is 23.1. The predicted octanol–water partition coefficient (Wildman–Crippen LogP) is 6.28. The van der Waals surface area contributed by atoms with Crippen molar-refractivity contribution < 1.29 is 27.0 Å². The van der Waals surface area contributed by atoms with Crippen LogP contribution in [0.25, 0.3) is 21.7 Å². The summed E-state index contributed by atoms with van der Waals surface area (Å²) in [5.74, 6) is 0.493. The van der Waals surface area contributed by atoms with Crippen LogP contribution < -0.4 is 24.7 Å². The molecule has 0 aliphatic heterocycles. The largest absolute Gasteiger partial charge is 0.493 e. The lowest BCUT2D eigenvalue weighted by Gasteiger charge is -2.15. The van der Waals surface area contributed by atoms with Gasteiger partial charge in [0, 0.05) is 29.1 Å². The molecule has 0 aliphatic carbocycles. The lowest BCUT2D eigenvalue weighted by molar-refractivity contribution is 0.292. The van der Waals surface area contributed by atoms with Crippen molar-refractivity contribution in [3.8, 4) is 23.0 Å². The number of nitrogens with zero attached hydrogens (tertiary/aromatic N) is 1. The number of ether oxygens (including phenoxy) is 3. The maximum atomic E-state index is 15.1. The van der Waals surface area contributed by atoms with Crippen LogP contribution in [0.4, 0.5) is 10.1 Å². The highest BCUT2D eigenvalue weighted by Gasteiger charge is 2.19. The number of benzene rings is 4. The van der Waals surface area contributed by atoms with Crippen LogP contribution in [-0.2, 0) is 10.0 Å². The van der Waals surface area contributed by atoms with Crippen LogP contribution in [0.5, 0.6) is 23.0 Å². The molecule has 5 aromatic rings. The van der Waals surface area contributed by atoms with Crippen molar-refractivity contribution in [1.82, 2.24) is 4.98 Å². The summed E-state index contributed by atoms with van der Waals surface area (Å²) >= 11 is 0. The summed E-state index contributed by atoms with van der Waals surface area (Å²) < 4.78 is 60.9. The zero-order chi connectivity index (χ0) is 27.4. The fourth-order valence-electron chi connectivity index (χ4n) is 4.16. The average molecular weight is 584 g/mol. The molecule has 0 fully saturated rings. The van der Waals surface area contributed by atoms with E-state index in [1.165, 1.54) is 25.3 Å². The maximum absolute atomic E-state index is 15.1. The van der Waals surface area contributed by atoms with Gasteiger partial charge in [0.1, 0.15) is 5.75 Å². The number of nitrogens with two attached hydrogens (primary N) is 1. The fourth-order valence-corrected chi connectivity index (χ4v) is 5.44. The molecule has 0 amide bonds. The topological polar surface area (TPSA) is 113 Å². The summed E-state index contributed by atoms with van der Waals surface area (Å²) in [7, 11) is -2.46. The monoisotopic (exact) mass is 583 g/mol. The third-order valence-electron chi connectivity index (χ3n) is 6.04. The number of halogens is 2. The Balaban J connectivity index is 0.00000370. The van der Waals surface area contributed by atoms with E-state index in [1.807, 2.05) is 18.2 Å². The molecule has 3 N–H and O–H groups in total. The van der Waals surface area contributed by atoms with Crippen molar-refractivity contribution in [1.29, 1.82) is 0 Å². The van der Waals surface area contributed by atoms with Crippen LogP contribution in [0.3, 0.4) is 0 Å². The number of hydrogen-bond donors (Lipinski definition) is 2. The van der Waals surface area contributed by atoms with Crippen molar-refractivity contribution >= 4 is 49.8 Å². The number of sulfonamides is 1. The Morgan fingerprint density at radius 2 is 1.70 bits per heavy atom. The van der Waals surface area contributed by atoms with Gasteiger partial charge in [-0.3, -0.25) is 9.71 Å². The molecule has 5 rings (SSSR count). The molecule has 0 radical (unpaired) electrons. The highest BCUT2D eigenvalue weighted by Crippen LogP contribution is 2.38. The number of hydrogen-bond acceptors (Lipinski definition) is 7. The summed E-state index contributed by atoms with van der Waals surface area (Å²) in [5.41, 5.74) is 6.17. The molecule has 0 saturated carbocycles. The molecule has 40 heavy (non-hydrogen) atoms. The highest BCUT2D eigenvalue weighted by molar-refractivity contribution is 7.93. The molecule has 0 unspecified atom stereocenters. The second-order valence-corrected chi connectivity index (χ2v) is 10.3. The SMILES string of the molecule is COc1cc2c(Oc3ccc(NS(=O)(=O)c4cccc5ccccc45)cc3F)ccnc2cc1OCCCN.Cl. The molecule has 208 valence electrons. The number of nitrogens with one attached hydrogen (secondary N) is 1. The number of fused-ring (bicyclic) bond motifs is 2. The van der Waals surface area contributed by atoms with Crippen LogP contribution in [-0.4, -0.2) is 33.7 Å². The fraction of sp³-hybridized carbons (Fsp3) is 0.138. The van der Waals surface area contributed by atoms with E-state index >= 15 is 4.39 Å². The molecule has 4 aromatic carbocycles. The predicted molar refractivity (Wildman–Crippen MR) is 156 cm³/mol. The van der Waals surface area contributed by atoms with Gasteiger partial charge in [-0.05, 0) is 48.7 Å². The van der Waals surface area contributed by atoms with E-state index in [1.54, 1.807) is 42.6 Å². The van der Waals surface area contributed by atoms with Crippen molar-refractivity contribution in [2.24, 2.45) is 5.73 Å². The Morgan fingerprint density at radius 1 is 0.900 bits per heavy atom. The van der Waals surface area contributed by atoms with E-state index in [0.717, 1.165) is 11.5 Å². The van der Waals surface area contributed by atoms with Crippen molar-refractivity contribution in [3.63, 3.8) is 0 Å². The molecule has 0 saturated heterocycles. The molecule has 0 bridgehead atoms. The smallest absolute Gasteiger partial charge is 0.262 e. The molecular weight excluding hydrogens is 557 g/mol. The first-order chi connectivity index (χ1) is 18.9. The molecule has 8 nitrogen and oxygen atoms in total. The average Bonchev–Trinajstić information content (AvgIpc) is 2.94. The van der Waals surface area contributed by atoms with Gasteiger partial charge in [0.25, 0.3) is 10.0 Å². The number of pyridine rings is 1. The minimum Gasteiger partial charge on any atom is -0.493 e. The van der Waals surface area contributed by atoms with E-state index in [-0.39, 0.29) is 28.7 Å². The first kappa shape index (κ1) is 28.9. The third-order valence-corrected chi connectivity index (χ3v) is 7.48. The van der Waals surface area contributed by atoms with Gasteiger partial charge in [-0.25, -0.2) is 12.8 Å². The van der Waals surface area contributed by atoms with Gasteiger partial charge >= 0.3 is 0 Å². The number of anilines is 1. The lowest BCUT2D eigenvalue weighted by atomic mass is 10.1. The summed E-state index contributed by atoms with van der Waals surface area (Å²) in [6.07, 6.45) is 2.23. The van der Waals surface area contributed by atoms with E-state index in [4.69, 9.17) is 19.9 Å². The van der Waals surface area contributed by atoms with E-state index in [2.05, 4.69) is 9.71 Å². The quantitative estimate of drug-likeness (QED) is 0.186. The second kappa shape index (κ2) is 12.4. The number of aromatic nitrogens is 1. The summed E-state index contributed by atoms with van der Waals surface area (Å²) in [4.78, 5) is 4.47. The van der Waals surface area contributed by atoms with Gasteiger partial charge in [-0.2, -0.15) is 0 Å². The van der Waals surface area contributed by atoms with Crippen LogP contribution in [0.1, 0.15) is 6.42 Å². The third kappa shape index (κ3) is 6.04. The number of methoxy groups -OCH3 is 1. The van der Waals surface area contributed by atoms with Gasteiger partial charge in [0.15, 0.2) is 23.1 Å². The van der Waals surface area contributed by atoms with Gasteiger partial charge in [-0.15, -0.1) is 12.4 Å². The minimum atomic E-state index is -3.98. The lowest BCUT2D eigenvalue weighted by Crippen LogP contribution is -2.13. The van der Waals surface area contributed by atoms with Crippen LogP contribution in [0.2, 0.25) is 0 Å². The summed E-state index contributed by atoms with van der Waals surface area (Å²) in [6.45, 7) is 0.928.